The molecule has 1 saturated heterocycles. The Balaban J connectivity index is 0.00000147. The fourth-order valence-corrected chi connectivity index (χ4v) is 3.34. The standard InChI is InChI=1S/C15H19ClN2O.ClH/c16-11-4-5-13-10(8-11)3-6-14(13)18-15(19)9-12-2-1-7-17-12;/h4-5,8,12,14,17H,1-3,6-7,9H2,(H,18,19);1H. The monoisotopic (exact) mass is 314 g/mol. The molecular formula is C15H20Cl2N2O. The van der Waals surface area contributed by atoms with Gasteiger partial charge < -0.3 is 10.6 Å². The van der Waals surface area contributed by atoms with Gasteiger partial charge in [-0.2, -0.15) is 0 Å². The highest BCUT2D eigenvalue weighted by Gasteiger charge is 2.25. The maximum absolute atomic E-state index is 12.1. The van der Waals surface area contributed by atoms with Gasteiger partial charge in [0.05, 0.1) is 6.04 Å². The molecule has 0 aromatic heterocycles. The van der Waals surface area contributed by atoms with E-state index >= 15 is 0 Å². The molecule has 1 aliphatic heterocycles. The summed E-state index contributed by atoms with van der Waals surface area (Å²) in [7, 11) is 0. The largest absolute Gasteiger partial charge is 0.349 e. The highest BCUT2D eigenvalue weighted by atomic mass is 35.5. The van der Waals surface area contributed by atoms with Crippen molar-refractivity contribution in [2.24, 2.45) is 0 Å². The molecule has 20 heavy (non-hydrogen) atoms. The smallest absolute Gasteiger partial charge is 0.222 e. The van der Waals surface area contributed by atoms with E-state index in [2.05, 4.69) is 10.6 Å². The van der Waals surface area contributed by atoms with Crippen molar-refractivity contribution in [1.29, 1.82) is 0 Å². The first kappa shape index (κ1) is 15.6. The van der Waals surface area contributed by atoms with E-state index in [0.29, 0.717) is 12.5 Å². The summed E-state index contributed by atoms with van der Waals surface area (Å²) in [6.07, 6.45) is 4.88. The van der Waals surface area contributed by atoms with E-state index in [4.69, 9.17) is 11.6 Å². The van der Waals surface area contributed by atoms with Gasteiger partial charge in [0.25, 0.3) is 0 Å². The third-order valence-corrected chi connectivity index (χ3v) is 4.35. The zero-order chi connectivity index (χ0) is 13.2. The Morgan fingerprint density at radius 1 is 1.40 bits per heavy atom. The molecule has 1 aromatic rings. The average molecular weight is 315 g/mol. The number of rotatable bonds is 3. The van der Waals surface area contributed by atoms with Crippen LogP contribution in [0.2, 0.25) is 5.02 Å². The molecule has 0 saturated carbocycles. The van der Waals surface area contributed by atoms with Crippen LogP contribution in [0.25, 0.3) is 0 Å². The van der Waals surface area contributed by atoms with E-state index in [1.807, 2.05) is 18.2 Å². The molecule has 2 unspecified atom stereocenters. The van der Waals surface area contributed by atoms with Crippen molar-refractivity contribution in [1.82, 2.24) is 10.6 Å². The highest BCUT2D eigenvalue weighted by molar-refractivity contribution is 6.30. The summed E-state index contributed by atoms with van der Waals surface area (Å²) in [5, 5.41) is 7.30. The van der Waals surface area contributed by atoms with Crippen molar-refractivity contribution in [3.63, 3.8) is 0 Å². The van der Waals surface area contributed by atoms with Crippen LogP contribution >= 0.6 is 24.0 Å². The summed E-state index contributed by atoms with van der Waals surface area (Å²) in [5.41, 5.74) is 2.51. The maximum atomic E-state index is 12.1. The van der Waals surface area contributed by atoms with Gasteiger partial charge in [0.1, 0.15) is 0 Å². The molecule has 1 fully saturated rings. The minimum absolute atomic E-state index is 0. The van der Waals surface area contributed by atoms with Crippen LogP contribution in [0.1, 0.15) is 42.9 Å². The average Bonchev–Trinajstić information content (AvgIpc) is 2.99. The second-order valence-electron chi connectivity index (χ2n) is 5.50. The lowest BCUT2D eigenvalue weighted by Gasteiger charge is -2.16. The summed E-state index contributed by atoms with van der Waals surface area (Å²) < 4.78 is 0. The van der Waals surface area contributed by atoms with Gasteiger partial charge in [-0.05, 0) is 55.5 Å². The van der Waals surface area contributed by atoms with Crippen LogP contribution in [0.3, 0.4) is 0 Å². The topological polar surface area (TPSA) is 41.1 Å². The Morgan fingerprint density at radius 2 is 2.25 bits per heavy atom. The molecule has 3 rings (SSSR count). The molecule has 1 aromatic carbocycles. The molecule has 3 nitrogen and oxygen atoms in total. The number of fused-ring (bicyclic) bond motifs is 1. The third-order valence-electron chi connectivity index (χ3n) is 4.11. The summed E-state index contributed by atoms with van der Waals surface area (Å²) >= 11 is 5.99. The minimum atomic E-state index is 0. The summed E-state index contributed by atoms with van der Waals surface area (Å²) in [6, 6.07) is 6.50. The fourth-order valence-electron chi connectivity index (χ4n) is 3.14. The van der Waals surface area contributed by atoms with Gasteiger partial charge in [-0.15, -0.1) is 12.4 Å². The number of carbonyl (C=O) groups excluding carboxylic acids is 1. The molecule has 5 heteroatoms. The summed E-state index contributed by atoms with van der Waals surface area (Å²) in [4.78, 5) is 12.1. The molecular weight excluding hydrogens is 295 g/mol. The Bertz CT molecular complexity index is 487. The number of nitrogens with one attached hydrogen (secondary N) is 2. The zero-order valence-corrected chi connectivity index (χ0v) is 12.9. The van der Waals surface area contributed by atoms with Gasteiger partial charge in [0.15, 0.2) is 0 Å². The predicted octanol–water partition coefficient (Wildman–Crippen LogP) is 3.01. The molecule has 2 aliphatic rings. The molecule has 1 amide bonds. The minimum Gasteiger partial charge on any atom is -0.349 e. The quantitative estimate of drug-likeness (QED) is 0.900. The number of hydrogen-bond acceptors (Lipinski definition) is 2. The van der Waals surface area contributed by atoms with Crippen LogP contribution < -0.4 is 10.6 Å². The SMILES string of the molecule is Cl.O=C(CC1CCCN1)NC1CCc2cc(Cl)ccc21. The van der Waals surface area contributed by atoms with Gasteiger partial charge in [-0.1, -0.05) is 17.7 Å². The number of aryl methyl sites for hydroxylation is 1. The number of amides is 1. The first-order valence-electron chi connectivity index (χ1n) is 7.03. The third kappa shape index (κ3) is 3.46. The van der Waals surface area contributed by atoms with Gasteiger partial charge in [-0.25, -0.2) is 0 Å². The molecule has 0 spiro atoms. The molecule has 1 heterocycles. The number of carbonyl (C=O) groups is 1. The highest BCUT2D eigenvalue weighted by Crippen LogP contribution is 2.32. The Kier molecular flexibility index (Phi) is 5.30. The normalized spacial score (nSPS) is 24.1. The predicted molar refractivity (Wildman–Crippen MR) is 83.5 cm³/mol. The van der Waals surface area contributed by atoms with Crippen LogP contribution in [0.4, 0.5) is 0 Å². The van der Waals surface area contributed by atoms with E-state index in [-0.39, 0.29) is 24.4 Å². The van der Waals surface area contributed by atoms with Crippen molar-refractivity contribution >= 4 is 29.9 Å². The van der Waals surface area contributed by atoms with Crippen LogP contribution in [-0.2, 0) is 11.2 Å². The van der Waals surface area contributed by atoms with E-state index in [1.165, 1.54) is 17.5 Å². The second kappa shape index (κ2) is 6.79. The van der Waals surface area contributed by atoms with E-state index in [9.17, 15) is 4.79 Å². The van der Waals surface area contributed by atoms with Crippen molar-refractivity contribution in [3.8, 4) is 0 Å². The lowest BCUT2D eigenvalue weighted by atomic mass is 10.1. The van der Waals surface area contributed by atoms with Gasteiger partial charge in [0, 0.05) is 17.5 Å². The summed E-state index contributed by atoms with van der Waals surface area (Å²) in [5.74, 6) is 0.159. The first-order chi connectivity index (χ1) is 9.22. The van der Waals surface area contributed by atoms with Gasteiger partial charge in [0.2, 0.25) is 5.91 Å². The van der Waals surface area contributed by atoms with Crippen molar-refractivity contribution < 1.29 is 4.79 Å². The Labute approximate surface area is 130 Å². The Morgan fingerprint density at radius 3 is 3.00 bits per heavy atom. The fraction of sp³-hybridized carbons (Fsp3) is 0.533. The molecule has 0 radical (unpaired) electrons. The Hall–Kier alpha value is -0.770. The van der Waals surface area contributed by atoms with Crippen LogP contribution in [0.15, 0.2) is 18.2 Å². The van der Waals surface area contributed by atoms with Gasteiger partial charge in [-0.3, -0.25) is 4.79 Å². The van der Waals surface area contributed by atoms with Gasteiger partial charge >= 0.3 is 0 Å². The number of benzene rings is 1. The van der Waals surface area contributed by atoms with E-state index in [0.717, 1.165) is 30.8 Å². The maximum Gasteiger partial charge on any atom is 0.222 e. The summed E-state index contributed by atoms with van der Waals surface area (Å²) in [6.45, 7) is 1.04. The number of hydrogen-bond donors (Lipinski definition) is 2. The lowest BCUT2D eigenvalue weighted by molar-refractivity contribution is -0.122. The van der Waals surface area contributed by atoms with Crippen molar-refractivity contribution in [3.05, 3.63) is 34.3 Å². The van der Waals surface area contributed by atoms with E-state index < -0.39 is 0 Å². The molecule has 110 valence electrons. The number of halogens is 2. The second-order valence-corrected chi connectivity index (χ2v) is 5.94. The molecule has 2 N–H and O–H groups in total. The molecule has 2 atom stereocenters. The lowest BCUT2D eigenvalue weighted by Crippen LogP contribution is -2.33. The van der Waals surface area contributed by atoms with Crippen LogP contribution in [-0.4, -0.2) is 18.5 Å². The molecule has 0 bridgehead atoms. The zero-order valence-electron chi connectivity index (χ0n) is 11.3. The van der Waals surface area contributed by atoms with E-state index in [1.54, 1.807) is 0 Å². The van der Waals surface area contributed by atoms with Crippen molar-refractivity contribution in [2.75, 3.05) is 6.54 Å². The van der Waals surface area contributed by atoms with Crippen molar-refractivity contribution in [2.45, 2.75) is 44.2 Å². The van der Waals surface area contributed by atoms with Crippen LogP contribution in [0.5, 0.6) is 0 Å². The first-order valence-corrected chi connectivity index (χ1v) is 7.41. The molecule has 1 aliphatic carbocycles. The van der Waals surface area contributed by atoms with Crippen LogP contribution in [0, 0.1) is 0 Å².